The first-order chi connectivity index (χ1) is 9.85. The second kappa shape index (κ2) is 6.46. The van der Waals surface area contributed by atoms with Crippen molar-refractivity contribution in [3.8, 4) is 11.5 Å². The first kappa shape index (κ1) is 13.7. The van der Waals surface area contributed by atoms with Gasteiger partial charge in [0.1, 0.15) is 6.10 Å². The molecule has 0 amide bonds. The normalized spacial score (nSPS) is 23.1. The van der Waals surface area contributed by atoms with E-state index in [0.29, 0.717) is 19.3 Å². The quantitative estimate of drug-likeness (QED) is 0.895. The maximum Gasteiger partial charge on any atom is 0.161 e. The molecular formula is C16H23NO3. The predicted octanol–water partition coefficient (Wildman–Crippen LogP) is 2.16. The van der Waals surface area contributed by atoms with Crippen LogP contribution < -0.4 is 14.8 Å². The molecule has 2 fully saturated rings. The van der Waals surface area contributed by atoms with E-state index in [0.717, 1.165) is 24.5 Å². The van der Waals surface area contributed by atoms with Crippen LogP contribution in [0.3, 0.4) is 0 Å². The zero-order chi connectivity index (χ0) is 13.8. The zero-order valence-electron chi connectivity index (χ0n) is 12.1. The molecule has 1 N–H and O–H groups in total. The number of rotatable bonds is 5. The van der Waals surface area contributed by atoms with Crippen molar-refractivity contribution in [3.63, 3.8) is 0 Å². The minimum absolute atomic E-state index is 0.176. The monoisotopic (exact) mass is 277 g/mol. The van der Waals surface area contributed by atoms with Gasteiger partial charge in [0.05, 0.1) is 20.3 Å². The van der Waals surface area contributed by atoms with Crippen LogP contribution in [-0.2, 0) is 11.2 Å². The molecule has 0 spiro atoms. The Hall–Kier alpha value is -1.26. The second-order valence-corrected chi connectivity index (χ2v) is 5.61. The van der Waals surface area contributed by atoms with E-state index < -0.39 is 0 Å². The van der Waals surface area contributed by atoms with Crippen molar-refractivity contribution in [2.45, 2.75) is 37.8 Å². The Bertz CT molecular complexity index is 439. The molecule has 1 atom stereocenters. The molecule has 110 valence electrons. The summed E-state index contributed by atoms with van der Waals surface area (Å²) in [5.74, 6) is 1.64. The molecule has 0 radical (unpaired) electrons. The number of ether oxygens (including phenoxy) is 3. The highest BCUT2D eigenvalue weighted by atomic mass is 16.6. The number of benzene rings is 1. The smallest absolute Gasteiger partial charge is 0.161 e. The fourth-order valence-electron chi connectivity index (χ4n) is 2.78. The number of nitrogens with one attached hydrogen (secondary N) is 1. The van der Waals surface area contributed by atoms with Crippen LogP contribution in [0.4, 0.5) is 0 Å². The van der Waals surface area contributed by atoms with E-state index in [1.807, 2.05) is 6.07 Å². The predicted molar refractivity (Wildman–Crippen MR) is 77.6 cm³/mol. The molecule has 0 aliphatic carbocycles. The molecule has 0 bridgehead atoms. The van der Waals surface area contributed by atoms with Gasteiger partial charge in [0, 0.05) is 6.04 Å². The van der Waals surface area contributed by atoms with Gasteiger partial charge in [0.15, 0.2) is 11.5 Å². The van der Waals surface area contributed by atoms with Gasteiger partial charge >= 0.3 is 0 Å². The number of methoxy groups -OCH3 is 1. The van der Waals surface area contributed by atoms with Gasteiger partial charge in [-0.2, -0.15) is 0 Å². The molecule has 0 aromatic heterocycles. The van der Waals surface area contributed by atoms with Crippen LogP contribution in [0.25, 0.3) is 0 Å². The van der Waals surface area contributed by atoms with Crippen LogP contribution >= 0.6 is 0 Å². The Labute approximate surface area is 120 Å². The van der Waals surface area contributed by atoms with E-state index in [1.54, 1.807) is 7.11 Å². The lowest BCUT2D eigenvalue weighted by molar-refractivity contribution is -0.0803. The fourth-order valence-corrected chi connectivity index (χ4v) is 2.78. The maximum atomic E-state index is 5.85. The highest BCUT2D eigenvalue weighted by Crippen LogP contribution is 2.30. The zero-order valence-corrected chi connectivity index (χ0v) is 12.1. The van der Waals surface area contributed by atoms with E-state index in [-0.39, 0.29) is 6.10 Å². The molecule has 1 aromatic rings. The van der Waals surface area contributed by atoms with Gasteiger partial charge in [-0.15, -0.1) is 0 Å². The summed E-state index contributed by atoms with van der Waals surface area (Å²) in [6, 6.07) is 6.87. The third kappa shape index (κ3) is 3.25. The van der Waals surface area contributed by atoms with Crippen molar-refractivity contribution < 1.29 is 14.2 Å². The lowest BCUT2D eigenvalue weighted by atomic mass is 9.97. The SMILES string of the molecule is COc1cc(CC2CCCCN2)ccc1OC1COC1. The molecule has 1 unspecified atom stereocenters. The Balaban J connectivity index is 1.65. The highest BCUT2D eigenvalue weighted by Gasteiger charge is 2.22. The largest absolute Gasteiger partial charge is 0.493 e. The molecule has 4 heteroatoms. The fraction of sp³-hybridized carbons (Fsp3) is 0.625. The van der Waals surface area contributed by atoms with Crippen LogP contribution in [0.5, 0.6) is 11.5 Å². The van der Waals surface area contributed by atoms with E-state index in [1.165, 1.54) is 24.8 Å². The van der Waals surface area contributed by atoms with Crippen molar-refractivity contribution in [1.29, 1.82) is 0 Å². The first-order valence-electron chi connectivity index (χ1n) is 7.50. The molecule has 0 saturated carbocycles. The van der Waals surface area contributed by atoms with Gasteiger partial charge in [-0.25, -0.2) is 0 Å². The summed E-state index contributed by atoms with van der Waals surface area (Å²) >= 11 is 0. The number of hydrogen-bond donors (Lipinski definition) is 1. The summed E-state index contributed by atoms with van der Waals surface area (Å²) in [5, 5.41) is 3.58. The van der Waals surface area contributed by atoms with Crippen molar-refractivity contribution in [2.75, 3.05) is 26.9 Å². The number of hydrogen-bond acceptors (Lipinski definition) is 4. The number of piperidine rings is 1. The molecule has 4 nitrogen and oxygen atoms in total. The van der Waals surface area contributed by atoms with Gasteiger partial charge < -0.3 is 19.5 Å². The Morgan fingerprint density at radius 3 is 2.80 bits per heavy atom. The minimum Gasteiger partial charge on any atom is -0.493 e. The van der Waals surface area contributed by atoms with Crippen molar-refractivity contribution in [3.05, 3.63) is 23.8 Å². The summed E-state index contributed by atoms with van der Waals surface area (Å²) in [4.78, 5) is 0. The molecule has 20 heavy (non-hydrogen) atoms. The Morgan fingerprint density at radius 1 is 1.25 bits per heavy atom. The second-order valence-electron chi connectivity index (χ2n) is 5.61. The molecule has 2 saturated heterocycles. The summed E-state index contributed by atoms with van der Waals surface area (Å²) in [7, 11) is 1.70. The summed E-state index contributed by atoms with van der Waals surface area (Å²) < 4.78 is 16.4. The Kier molecular flexibility index (Phi) is 4.43. The lowest BCUT2D eigenvalue weighted by Gasteiger charge is -2.28. The van der Waals surface area contributed by atoms with Crippen LogP contribution in [-0.4, -0.2) is 39.0 Å². The molecular weight excluding hydrogens is 254 g/mol. The molecule has 1 aromatic carbocycles. The first-order valence-corrected chi connectivity index (χ1v) is 7.50. The van der Waals surface area contributed by atoms with Crippen molar-refractivity contribution in [1.82, 2.24) is 5.32 Å². The van der Waals surface area contributed by atoms with Gasteiger partial charge in [-0.3, -0.25) is 0 Å². The lowest BCUT2D eigenvalue weighted by Crippen LogP contribution is -2.38. The molecule has 2 aliphatic rings. The summed E-state index contributed by atoms with van der Waals surface area (Å²) in [5.41, 5.74) is 1.30. The summed E-state index contributed by atoms with van der Waals surface area (Å²) in [6.07, 6.45) is 5.13. The van der Waals surface area contributed by atoms with Crippen LogP contribution in [0, 0.1) is 0 Å². The average molecular weight is 277 g/mol. The summed E-state index contributed by atoms with van der Waals surface area (Å²) in [6.45, 7) is 2.50. The standard InChI is InChI=1S/C16H23NO3/c1-18-16-9-12(8-13-4-2-3-7-17-13)5-6-15(16)20-14-10-19-11-14/h5-6,9,13-14,17H,2-4,7-8,10-11H2,1H3. The Morgan fingerprint density at radius 2 is 2.15 bits per heavy atom. The molecule has 3 rings (SSSR count). The molecule has 2 aliphatic heterocycles. The third-order valence-electron chi connectivity index (χ3n) is 4.02. The van der Waals surface area contributed by atoms with Gasteiger partial charge in [-0.05, 0) is 43.5 Å². The van der Waals surface area contributed by atoms with Crippen LogP contribution in [0.15, 0.2) is 18.2 Å². The molecule has 2 heterocycles. The van der Waals surface area contributed by atoms with Gasteiger partial charge in [0.25, 0.3) is 0 Å². The topological polar surface area (TPSA) is 39.7 Å². The van der Waals surface area contributed by atoms with E-state index in [2.05, 4.69) is 17.4 Å². The van der Waals surface area contributed by atoms with E-state index in [4.69, 9.17) is 14.2 Å². The third-order valence-corrected chi connectivity index (χ3v) is 4.02. The van der Waals surface area contributed by atoms with Crippen LogP contribution in [0.1, 0.15) is 24.8 Å². The van der Waals surface area contributed by atoms with Crippen LogP contribution in [0.2, 0.25) is 0 Å². The van der Waals surface area contributed by atoms with E-state index >= 15 is 0 Å². The van der Waals surface area contributed by atoms with Crippen molar-refractivity contribution >= 4 is 0 Å². The van der Waals surface area contributed by atoms with Gasteiger partial charge in [0.2, 0.25) is 0 Å². The van der Waals surface area contributed by atoms with Gasteiger partial charge in [-0.1, -0.05) is 12.5 Å². The maximum absolute atomic E-state index is 5.85. The minimum atomic E-state index is 0.176. The highest BCUT2D eigenvalue weighted by molar-refractivity contribution is 5.43. The van der Waals surface area contributed by atoms with E-state index in [9.17, 15) is 0 Å². The average Bonchev–Trinajstić information content (AvgIpc) is 2.45. The van der Waals surface area contributed by atoms with Crippen molar-refractivity contribution in [2.24, 2.45) is 0 Å².